The Bertz CT molecular complexity index is 711. The average molecular weight is 473 g/mol. The van der Waals surface area contributed by atoms with E-state index in [1.165, 1.54) is 37.3 Å². The second-order valence-corrected chi connectivity index (χ2v) is 9.87. The maximum absolute atomic E-state index is 11.0. The summed E-state index contributed by atoms with van der Waals surface area (Å²) in [6, 6.07) is 8.64. The third kappa shape index (κ3) is 8.74. The van der Waals surface area contributed by atoms with Crippen molar-refractivity contribution in [2.24, 2.45) is 5.92 Å². The van der Waals surface area contributed by atoms with Crippen molar-refractivity contribution in [3.8, 4) is 5.75 Å². The molecule has 1 aromatic carbocycles. The number of unbranched alkanes of at least 4 members (excludes halogenated alkanes) is 5. The van der Waals surface area contributed by atoms with Crippen LogP contribution in [0, 0.1) is 5.92 Å². The number of ether oxygens (including phenoxy) is 4. The van der Waals surface area contributed by atoms with Crippen LogP contribution in [0.4, 0.5) is 0 Å². The van der Waals surface area contributed by atoms with E-state index in [2.05, 4.69) is 37.8 Å². The van der Waals surface area contributed by atoms with Gasteiger partial charge in [0.15, 0.2) is 5.79 Å². The molecule has 5 heteroatoms. The Morgan fingerprint density at radius 2 is 1.68 bits per heavy atom. The fourth-order valence-electron chi connectivity index (χ4n) is 4.97. The molecule has 190 valence electrons. The van der Waals surface area contributed by atoms with Gasteiger partial charge >= 0.3 is 5.97 Å². The summed E-state index contributed by atoms with van der Waals surface area (Å²) in [6.45, 7) is 8.55. The van der Waals surface area contributed by atoms with Crippen LogP contribution in [0.2, 0.25) is 0 Å². The molecular weight excluding hydrogens is 428 g/mol. The number of carbonyl (C=O) groups is 1. The van der Waals surface area contributed by atoms with Crippen LogP contribution in [-0.2, 0) is 19.0 Å². The van der Waals surface area contributed by atoms with Crippen molar-refractivity contribution in [1.82, 2.24) is 0 Å². The summed E-state index contributed by atoms with van der Waals surface area (Å²) < 4.78 is 23.5. The SMILES string of the molecule is C=CC(=O)OCCCCCCOc1ccc(C2CCC3(CC2)OCC(CCCCC)CO3)cc1. The summed E-state index contributed by atoms with van der Waals surface area (Å²) in [4.78, 5) is 11.0. The normalized spacial score (nSPS) is 24.6. The first-order valence-electron chi connectivity index (χ1n) is 13.4. The van der Waals surface area contributed by atoms with Crippen LogP contribution < -0.4 is 4.74 Å². The molecule has 0 bridgehead atoms. The Morgan fingerprint density at radius 3 is 2.32 bits per heavy atom. The minimum atomic E-state index is -0.346. The van der Waals surface area contributed by atoms with Crippen LogP contribution >= 0.6 is 0 Å². The van der Waals surface area contributed by atoms with E-state index >= 15 is 0 Å². The van der Waals surface area contributed by atoms with Crippen LogP contribution in [-0.4, -0.2) is 38.2 Å². The van der Waals surface area contributed by atoms with Crippen molar-refractivity contribution < 1.29 is 23.7 Å². The van der Waals surface area contributed by atoms with E-state index in [9.17, 15) is 4.79 Å². The molecule has 1 aliphatic carbocycles. The maximum Gasteiger partial charge on any atom is 0.330 e. The fourth-order valence-corrected chi connectivity index (χ4v) is 4.97. The number of esters is 1. The van der Waals surface area contributed by atoms with Crippen LogP contribution in [0.15, 0.2) is 36.9 Å². The largest absolute Gasteiger partial charge is 0.494 e. The lowest BCUT2D eigenvalue weighted by molar-refractivity contribution is -0.296. The highest BCUT2D eigenvalue weighted by molar-refractivity contribution is 5.81. The van der Waals surface area contributed by atoms with Gasteiger partial charge in [0.1, 0.15) is 5.75 Å². The van der Waals surface area contributed by atoms with Crippen LogP contribution in [0.3, 0.4) is 0 Å². The standard InChI is InChI=1S/C29H44O5/c1-3-5-8-11-24-22-33-29(34-23-24)18-16-26(17-19-29)25-12-14-27(15-13-25)31-20-9-6-7-10-21-32-28(30)4-2/h4,12-15,24,26H,2-3,5-11,16-23H2,1H3. The number of hydrogen-bond donors (Lipinski definition) is 0. The molecule has 0 aromatic heterocycles. The summed E-state index contributed by atoms with van der Waals surface area (Å²) in [5.41, 5.74) is 1.39. The molecule has 2 aliphatic rings. The minimum Gasteiger partial charge on any atom is -0.494 e. The molecule has 1 aliphatic heterocycles. The summed E-state index contributed by atoms with van der Waals surface area (Å²) in [7, 11) is 0. The molecule has 3 rings (SSSR count). The number of benzene rings is 1. The Hall–Kier alpha value is -1.85. The van der Waals surface area contributed by atoms with Gasteiger partial charge in [-0.3, -0.25) is 0 Å². The van der Waals surface area contributed by atoms with Crippen molar-refractivity contribution >= 4 is 5.97 Å². The van der Waals surface area contributed by atoms with Gasteiger partial charge < -0.3 is 18.9 Å². The first-order chi connectivity index (χ1) is 16.6. The molecule has 1 saturated carbocycles. The molecule has 34 heavy (non-hydrogen) atoms. The lowest BCUT2D eigenvalue weighted by Crippen LogP contribution is -2.46. The molecule has 2 fully saturated rings. The number of carbonyl (C=O) groups excluding carboxylic acids is 1. The van der Waals surface area contributed by atoms with Gasteiger partial charge in [-0.25, -0.2) is 4.79 Å². The van der Waals surface area contributed by atoms with E-state index in [1.54, 1.807) is 0 Å². The Labute approximate surface area is 206 Å². The third-order valence-electron chi connectivity index (χ3n) is 7.20. The Morgan fingerprint density at radius 1 is 1.00 bits per heavy atom. The Kier molecular flexibility index (Phi) is 11.4. The summed E-state index contributed by atoms with van der Waals surface area (Å²) in [5, 5.41) is 0. The number of hydrogen-bond acceptors (Lipinski definition) is 5. The average Bonchev–Trinajstić information content (AvgIpc) is 2.88. The van der Waals surface area contributed by atoms with Crippen molar-refractivity contribution in [2.45, 2.75) is 95.7 Å². The van der Waals surface area contributed by atoms with E-state index in [0.29, 0.717) is 25.0 Å². The molecule has 1 heterocycles. The molecule has 0 radical (unpaired) electrons. The molecule has 0 amide bonds. The van der Waals surface area contributed by atoms with Gasteiger partial charge in [0.2, 0.25) is 0 Å². The van der Waals surface area contributed by atoms with Gasteiger partial charge in [0.25, 0.3) is 0 Å². The lowest BCUT2D eigenvalue weighted by atomic mass is 9.80. The second-order valence-electron chi connectivity index (χ2n) is 9.87. The molecule has 1 aromatic rings. The van der Waals surface area contributed by atoms with Gasteiger partial charge in [-0.05, 0) is 68.6 Å². The first kappa shape index (κ1) is 26.7. The van der Waals surface area contributed by atoms with Crippen molar-refractivity contribution in [1.29, 1.82) is 0 Å². The second kappa shape index (κ2) is 14.5. The van der Waals surface area contributed by atoms with E-state index in [0.717, 1.165) is 70.3 Å². The van der Waals surface area contributed by atoms with Crippen LogP contribution in [0.1, 0.15) is 95.5 Å². The first-order valence-corrected chi connectivity index (χ1v) is 13.4. The highest BCUT2D eigenvalue weighted by atomic mass is 16.7. The van der Waals surface area contributed by atoms with Gasteiger partial charge in [0.05, 0.1) is 26.4 Å². The zero-order valence-electron chi connectivity index (χ0n) is 21.1. The molecular formula is C29H44O5. The highest BCUT2D eigenvalue weighted by Crippen LogP contribution is 2.43. The van der Waals surface area contributed by atoms with Gasteiger partial charge in [-0.1, -0.05) is 44.9 Å². The third-order valence-corrected chi connectivity index (χ3v) is 7.20. The molecule has 0 atom stereocenters. The highest BCUT2D eigenvalue weighted by Gasteiger charge is 2.41. The predicted octanol–water partition coefficient (Wildman–Crippen LogP) is 6.95. The molecule has 5 nitrogen and oxygen atoms in total. The van der Waals surface area contributed by atoms with Crippen LogP contribution in [0.25, 0.3) is 0 Å². The van der Waals surface area contributed by atoms with E-state index in [4.69, 9.17) is 18.9 Å². The van der Waals surface area contributed by atoms with Crippen molar-refractivity contribution in [3.05, 3.63) is 42.5 Å². The summed E-state index contributed by atoms with van der Waals surface area (Å²) >= 11 is 0. The molecule has 0 N–H and O–H groups in total. The van der Waals surface area contributed by atoms with E-state index < -0.39 is 0 Å². The Balaban J connectivity index is 1.29. The van der Waals surface area contributed by atoms with Gasteiger partial charge in [-0.2, -0.15) is 0 Å². The molecule has 1 saturated heterocycles. The smallest absolute Gasteiger partial charge is 0.330 e. The maximum atomic E-state index is 11.0. The summed E-state index contributed by atoms with van der Waals surface area (Å²) in [5.74, 6) is 1.41. The molecule has 0 unspecified atom stereocenters. The van der Waals surface area contributed by atoms with Crippen molar-refractivity contribution in [3.63, 3.8) is 0 Å². The number of rotatable bonds is 14. The van der Waals surface area contributed by atoms with E-state index in [1.807, 2.05) is 0 Å². The topological polar surface area (TPSA) is 54.0 Å². The van der Waals surface area contributed by atoms with Gasteiger partial charge in [0, 0.05) is 24.8 Å². The fraction of sp³-hybridized carbons (Fsp3) is 0.690. The van der Waals surface area contributed by atoms with Crippen molar-refractivity contribution in [2.75, 3.05) is 26.4 Å². The lowest BCUT2D eigenvalue weighted by Gasteiger charge is -2.44. The summed E-state index contributed by atoms with van der Waals surface area (Å²) in [6.07, 6.45) is 14.5. The molecule has 1 spiro atoms. The van der Waals surface area contributed by atoms with E-state index in [-0.39, 0.29) is 11.8 Å². The predicted molar refractivity (Wildman–Crippen MR) is 135 cm³/mol. The monoisotopic (exact) mass is 472 g/mol. The quantitative estimate of drug-likeness (QED) is 0.167. The van der Waals surface area contributed by atoms with Gasteiger partial charge in [-0.15, -0.1) is 0 Å². The minimum absolute atomic E-state index is 0.325. The zero-order valence-corrected chi connectivity index (χ0v) is 21.1. The zero-order chi connectivity index (χ0) is 24.1. The van der Waals surface area contributed by atoms with Crippen LogP contribution in [0.5, 0.6) is 5.75 Å².